The number of esters is 1. The highest BCUT2D eigenvalue weighted by molar-refractivity contribution is 6.35. The molecule has 2 atom stereocenters. The lowest BCUT2D eigenvalue weighted by Gasteiger charge is -2.33. The predicted molar refractivity (Wildman–Crippen MR) is 129 cm³/mol. The Labute approximate surface area is 203 Å². The average Bonchev–Trinajstić information content (AvgIpc) is 2.73. The lowest BCUT2D eigenvalue weighted by molar-refractivity contribution is -0.142. The highest BCUT2D eigenvalue weighted by Gasteiger charge is 2.34. The molecule has 0 aliphatic carbocycles. The minimum Gasteiger partial charge on any atom is -0.467 e. The van der Waals surface area contributed by atoms with E-state index in [0.29, 0.717) is 40.7 Å². The molecule has 0 fully saturated rings. The Morgan fingerprint density at radius 2 is 1.88 bits per heavy atom. The minimum atomic E-state index is -0.619. The molecule has 1 amide bonds. The van der Waals surface area contributed by atoms with Gasteiger partial charge in [-0.25, -0.2) is 4.79 Å². The second-order valence-corrected chi connectivity index (χ2v) is 8.00. The van der Waals surface area contributed by atoms with Crippen LogP contribution in [0.2, 0.25) is 10.0 Å². The molecule has 3 rings (SSSR count). The number of hydrogen-bond acceptors (Lipinski definition) is 5. The number of anilines is 1. The van der Waals surface area contributed by atoms with E-state index in [2.05, 4.69) is 22.5 Å². The summed E-state index contributed by atoms with van der Waals surface area (Å²) in [6.07, 6.45) is 1.12. The fourth-order valence-electron chi connectivity index (χ4n) is 3.53. The van der Waals surface area contributed by atoms with Gasteiger partial charge < -0.3 is 21.1 Å². The Kier molecular flexibility index (Phi) is 9.67. The standard InChI is InChI=1S/C23H23Cl2N3O3.ClH/c1-31-23(30)20-13-19(22-17(25)11-16(24)12-18(22)27-20)28-21(29)10-15-7-5-14(6-8-15)4-2-3-9-26;/h5-8,11-12,19-20,27H,4,9-10,13,26H2,1H3,(H,28,29);1H. The third-order valence-electron chi connectivity index (χ3n) is 4.97. The van der Waals surface area contributed by atoms with Crippen LogP contribution in [-0.4, -0.2) is 31.6 Å². The first-order valence-electron chi connectivity index (χ1n) is 9.77. The van der Waals surface area contributed by atoms with Gasteiger partial charge in [-0.05, 0) is 23.3 Å². The van der Waals surface area contributed by atoms with Crippen LogP contribution >= 0.6 is 35.6 Å². The van der Waals surface area contributed by atoms with Crippen molar-refractivity contribution in [1.29, 1.82) is 0 Å². The van der Waals surface area contributed by atoms with Gasteiger partial charge in [-0.1, -0.05) is 59.3 Å². The van der Waals surface area contributed by atoms with E-state index < -0.39 is 18.1 Å². The van der Waals surface area contributed by atoms with E-state index in [1.54, 1.807) is 12.1 Å². The second kappa shape index (κ2) is 12.0. The highest BCUT2D eigenvalue weighted by Crippen LogP contribution is 2.40. The summed E-state index contributed by atoms with van der Waals surface area (Å²) in [6, 6.07) is 9.92. The first-order chi connectivity index (χ1) is 14.9. The van der Waals surface area contributed by atoms with E-state index in [0.717, 1.165) is 11.1 Å². The number of fused-ring (bicyclic) bond motifs is 1. The zero-order valence-corrected chi connectivity index (χ0v) is 19.7. The monoisotopic (exact) mass is 495 g/mol. The van der Waals surface area contributed by atoms with Gasteiger partial charge >= 0.3 is 5.97 Å². The molecule has 2 aromatic carbocycles. The number of carbonyl (C=O) groups is 2. The molecular formula is C23H24Cl3N3O3. The van der Waals surface area contributed by atoms with Crippen LogP contribution < -0.4 is 16.4 Å². The molecule has 9 heteroatoms. The van der Waals surface area contributed by atoms with Crippen molar-refractivity contribution < 1.29 is 14.3 Å². The number of amides is 1. The molecule has 0 aromatic heterocycles. The number of halogens is 3. The summed E-state index contributed by atoms with van der Waals surface area (Å²) in [5.41, 5.74) is 8.60. The Bertz CT molecular complexity index is 1030. The number of nitrogens with one attached hydrogen (secondary N) is 2. The summed E-state index contributed by atoms with van der Waals surface area (Å²) < 4.78 is 4.86. The molecule has 0 spiro atoms. The molecule has 0 bridgehead atoms. The summed E-state index contributed by atoms with van der Waals surface area (Å²) in [5, 5.41) is 6.95. The van der Waals surface area contributed by atoms with E-state index >= 15 is 0 Å². The van der Waals surface area contributed by atoms with Crippen LogP contribution in [-0.2, 0) is 27.2 Å². The number of hydrogen-bond donors (Lipinski definition) is 3. The minimum absolute atomic E-state index is 0. The van der Waals surface area contributed by atoms with Crippen molar-refractivity contribution in [3.63, 3.8) is 0 Å². The van der Waals surface area contributed by atoms with Crippen LogP contribution in [0.4, 0.5) is 5.69 Å². The first-order valence-corrected chi connectivity index (χ1v) is 10.5. The highest BCUT2D eigenvalue weighted by atomic mass is 35.5. The van der Waals surface area contributed by atoms with Gasteiger partial charge in [0, 0.05) is 34.1 Å². The van der Waals surface area contributed by atoms with Gasteiger partial charge in [0.05, 0.1) is 26.1 Å². The van der Waals surface area contributed by atoms with Crippen molar-refractivity contribution in [2.45, 2.75) is 31.3 Å². The van der Waals surface area contributed by atoms with Crippen molar-refractivity contribution in [2.75, 3.05) is 19.0 Å². The van der Waals surface area contributed by atoms with Crippen molar-refractivity contribution in [2.24, 2.45) is 5.73 Å². The van der Waals surface area contributed by atoms with Gasteiger partial charge in [0.25, 0.3) is 0 Å². The fourth-order valence-corrected chi connectivity index (χ4v) is 4.15. The van der Waals surface area contributed by atoms with Crippen LogP contribution in [0, 0.1) is 11.8 Å². The lowest BCUT2D eigenvalue weighted by atomic mass is 9.92. The molecule has 0 radical (unpaired) electrons. The van der Waals surface area contributed by atoms with Crippen molar-refractivity contribution >= 4 is 53.2 Å². The number of nitrogens with two attached hydrogens (primary N) is 1. The smallest absolute Gasteiger partial charge is 0.328 e. The number of ether oxygens (including phenoxy) is 1. The Morgan fingerprint density at radius 3 is 2.53 bits per heavy atom. The summed E-state index contributed by atoms with van der Waals surface area (Å²) in [7, 11) is 1.32. The van der Waals surface area contributed by atoms with Gasteiger partial charge in [-0.3, -0.25) is 4.79 Å². The van der Waals surface area contributed by atoms with Crippen molar-refractivity contribution in [3.05, 3.63) is 63.1 Å². The van der Waals surface area contributed by atoms with Crippen LogP contribution in [0.25, 0.3) is 0 Å². The number of carbonyl (C=O) groups excluding carboxylic acids is 2. The molecule has 32 heavy (non-hydrogen) atoms. The van der Waals surface area contributed by atoms with Gasteiger partial charge in [0.1, 0.15) is 6.04 Å². The molecule has 0 saturated heterocycles. The molecule has 1 aliphatic rings. The number of benzene rings is 2. The molecule has 6 nitrogen and oxygen atoms in total. The summed E-state index contributed by atoms with van der Waals surface area (Å²) in [4.78, 5) is 24.9. The van der Waals surface area contributed by atoms with E-state index in [9.17, 15) is 9.59 Å². The van der Waals surface area contributed by atoms with Gasteiger partial charge in [-0.15, -0.1) is 12.4 Å². The van der Waals surface area contributed by atoms with Crippen molar-refractivity contribution in [1.82, 2.24) is 5.32 Å². The quantitative estimate of drug-likeness (QED) is 0.434. The Balaban J connectivity index is 0.00000363. The topological polar surface area (TPSA) is 93.5 Å². The maximum Gasteiger partial charge on any atom is 0.328 e. The number of methoxy groups -OCH3 is 1. The zero-order chi connectivity index (χ0) is 22.4. The summed E-state index contributed by atoms with van der Waals surface area (Å²) in [6.45, 7) is 0.338. The molecule has 2 aromatic rings. The molecule has 0 saturated carbocycles. The van der Waals surface area contributed by atoms with Gasteiger partial charge in [0.15, 0.2) is 0 Å². The Morgan fingerprint density at radius 1 is 1.19 bits per heavy atom. The van der Waals surface area contributed by atoms with Crippen molar-refractivity contribution in [3.8, 4) is 11.8 Å². The third kappa shape index (κ3) is 6.54. The molecule has 2 unspecified atom stereocenters. The van der Waals surface area contributed by atoms with E-state index in [-0.39, 0.29) is 24.7 Å². The second-order valence-electron chi connectivity index (χ2n) is 7.15. The Hall–Kier alpha value is -2.43. The summed E-state index contributed by atoms with van der Waals surface area (Å²) >= 11 is 12.5. The first kappa shape index (κ1) is 25.8. The third-order valence-corrected chi connectivity index (χ3v) is 5.50. The van der Waals surface area contributed by atoms with Crippen LogP contribution in [0.1, 0.15) is 29.2 Å². The zero-order valence-electron chi connectivity index (χ0n) is 17.4. The normalized spacial score (nSPS) is 16.4. The van der Waals surface area contributed by atoms with Crippen LogP contribution in [0.5, 0.6) is 0 Å². The van der Waals surface area contributed by atoms with Gasteiger partial charge in [-0.2, -0.15) is 0 Å². The lowest BCUT2D eigenvalue weighted by Crippen LogP contribution is -2.42. The van der Waals surface area contributed by atoms with Crippen LogP contribution in [0.3, 0.4) is 0 Å². The van der Waals surface area contributed by atoms with Gasteiger partial charge in [0.2, 0.25) is 5.91 Å². The number of rotatable bonds is 5. The SMILES string of the molecule is COC(=O)C1CC(NC(=O)Cc2ccc(CC#CCN)cc2)c2c(Cl)cc(Cl)cc2N1.Cl. The molecular weight excluding hydrogens is 473 g/mol. The maximum absolute atomic E-state index is 12.8. The largest absolute Gasteiger partial charge is 0.467 e. The predicted octanol–water partition coefficient (Wildman–Crippen LogP) is 3.68. The fraction of sp³-hybridized carbons (Fsp3) is 0.304. The molecule has 1 heterocycles. The molecule has 4 N–H and O–H groups in total. The maximum atomic E-state index is 12.8. The summed E-state index contributed by atoms with van der Waals surface area (Å²) in [5.74, 6) is 5.21. The molecule has 1 aliphatic heterocycles. The van der Waals surface area contributed by atoms with E-state index in [1.807, 2.05) is 24.3 Å². The van der Waals surface area contributed by atoms with E-state index in [1.165, 1.54) is 7.11 Å². The average molecular weight is 497 g/mol. The van der Waals surface area contributed by atoms with E-state index in [4.69, 9.17) is 33.7 Å². The molecule has 170 valence electrons. The van der Waals surface area contributed by atoms with Crippen LogP contribution in [0.15, 0.2) is 36.4 Å².